The lowest BCUT2D eigenvalue weighted by Crippen LogP contribution is -2.29. The largest absolute Gasteiger partial charge is 0.481 e. The van der Waals surface area contributed by atoms with E-state index in [1.807, 2.05) is 0 Å². The van der Waals surface area contributed by atoms with Crippen molar-refractivity contribution < 1.29 is 19.1 Å². The summed E-state index contributed by atoms with van der Waals surface area (Å²) in [6.07, 6.45) is 3.58. The predicted molar refractivity (Wildman–Crippen MR) is 69.7 cm³/mol. The predicted octanol–water partition coefficient (Wildman–Crippen LogP) is 2.22. The van der Waals surface area contributed by atoms with Crippen molar-refractivity contribution in [2.45, 2.75) is 12.8 Å². The molecule has 2 atom stereocenters. The van der Waals surface area contributed by atoms with Crippen LogP contribution >= 0.6 is 15.9 Å². The summed E-state index contributed by atoms with van der Waals surface area (Å²) in [5, 5.41) is 9.27. The number of amides is 1. The van der Waals surface area contributed by atoms with Crippen molar-refractivity contribution in [1.29, 1.82) is 0 Å². The molecule has 3 rings (SSSR count). The Bertz CT molecular complexity index is 522. The van der Waals surface area contributed by atoms with E-state index in [0.29, 0.717) is 29.2 Å². The number of aliphatic carboxylic acids is 1. The second-order valence-electron chi connectivity index (χ2n) is 5.30. The smallest absolute Gasteiger partial charge is 0.308 e. The Labute approximate surface area is 118 Å². The van der Waals surface area contributed by atoms with E-state index in [-0.39, 0.29) is 11.8 Å². The highest BCUT2D eigenvalue weighted by molar-refractivity contribution is 9.10. The third-order valence-electron chi connectivity index (χ3n) is 4.01. The van der Waals surface area contributed by atoms with Crippen molar-refractivity contribution in [1.82, 2.24) is 4.90 Å². The van der Waals surface area contributed by atoms with E-state index >= 15 is 0 Å². The Balaban J connectivity index is 1.75. The highest BCUT2D eigenvalue weighted by Gasteiger charge is 2.47. The number of likely N-dealkylation sites (tertiary alicyclic amines) is 1. The van der Waals surface area contributed by atoms with Gasteiger partial charge in [-0.05, 0) is 40.6 Å². The van der Waals surface area contributed by atoms with Gasteiger partial charge >= 0.3 is 5.97 Å². The highest BCUT2D eigenvalue weighted by Crippen LogP contribution is 2.44. The minimum atomic E-state index is -0.791. The molecule has 0 radical (unpaired) electrons. The van der Waals surface area contributed by atoms with Gasteiger partial charge in [0.25, 0.3) is 5.91 Å². The summed E-state index contributed by atoms with van der Waals surface area (Å²) >= 11 is 3.16. The van der Waals surface area contributed by atoms with E-state index in [4.69, 9.17) is 4.42 Å². The number of carboxylic acid groups (broad SMARTS) is 1. The molecule has 1 saturated carbocycles. The molecule has 0 unspecified atom stereocenters. The van der Waals surface area contributed by atoms with Crippen LogP contribution in [0.25, 0.3) is 0 Å². The highest BCUT2D eigenvalue weighted by atomic mass is 79.9. The molecule has 0 aromatic carbocycles. The number of carbonyl (C=O) groups excluding carboxylic acids is 1. The van der Waals surface area contributed by atoms with Crippen LogP contribution in [0.1, 0.15) is 23.2 Å². The van der Waals surface area contributed by atoms with Gasteiger partial charge in [0, 0.05) is 19.2 Å². The number of carboxylic acids is 1. The molecule has 2 heterocycles. The molecule has 1 aromatic heterocycles. The van der Waals surface area contributed by atoms with Crippen LogP contribution in [0.2, 0.25) is 0 Å². The van der Waals surface area contributed by atoms with Crippen molar-refractivity contribution in [2.24, 2.45) is 17.8 Å². The van der Waals surface area contributed by atoms with Crippen LogP contribution < -0.4 is 0 Å². The van der Waals surface area contributed by atoms with Gasteiger partial charge in [-0.1, -0.05) is 0 Å². The zero-order valence-corrected chi connectivity index (χ0v) is 11.8. The molecular formula is C13H14BrNO4. The zero-order chi connectivity index (χ0) is 13.6. The van der Waals surface area contributed by atoms with E-state index in [9.17, 15) is 14.7 Å². The van der Waals surface area contributed by atoms with Crippen LogP contribution in [0.3, 0.4) is 0 Å². The molecule has 1 aliphatic carbocycles. The van der Waals surface area contributed by atoms with Crippen LogP contribution in [0, 0.1) is 17.8 Å². The Morgan fingerprint density at radius 3 is 2.63 bits per heavy atom. The summed E-state index contributed by atoms with van der Waals surface area (Å²) in [6, 6.07) is 1.61. The first-order chi connectivity index (χ1) is 9.06. The van der Waals surface area contributed by atoms with Gasteiger partial charge in [-0.25, -0.2) is 0 Å². The topological polar surface area (TPSA) is 70.8 Å². The van der Waals surface area contributed by atoms with Crippen LogP contribution in [-0.2, 0) is 4.79 Å². The van der Waals surface area contributed by atoms with Crippen molar-refractivity contribution in [2.75, 3.05) is 13.1 Å². The maximum absolute atomic E-state index is 12.3. The first kappa shape index (κ1) is 12.7. The lowest BCUT2D eigenvalue weighted by molar-refractivity contribution is -0.142. The van der Waals surface area contributed by atoms with Gasteiger partial charge in [-0.2, -0.15) is 0 Å². The quantitative estimate of drug-likeness (QED) is 0.924. The summed E-state index contributed by atoms with van der Waals surface area (Å²) in [4.78, 5) is 25.2. The lowest BCUT2D eigenvalue weighted by atomic mass is 9.92. The first-order valence-corrected chi connectivity index (χ1v) is 7.11. The van der Waals surface area contributed by atoms with Crippen LogP contribution in [-0.4, -0.2) is 35.0 Å². The van der Waals surface area contributed by atoms with Crippen LogP contribution in [0.15, 0.2) is 21.4 Å². The maximum Gasteiger partial charge on any atom is 0.308 e. The lowest BCUT2D eigenvalue weighted by Gasteiger charge is -2.14. The van der Waals surface area contributed by atoms with Gasteiger partial charge in [-0.15, -0.1) is 0 Å². The second kappa shape index (κ2) is 4.67. The molecule has 6 heteroatoms. The summed E-state index contributed by atoms with van der Waals surface area (Å²) in [5.74, 6) is -0.775. The number of nitrogens with zero attached hydrogens (tertiary/aromatic N) is 1. The van der Waals surface area contributed by atoms with Crippen molar-refractivity contribution >= 4 is 27.8 Å². The number of hydrogen-bond acceptors (Lipinski definition) is 3. The molecule has 102 valence electrons. The second-order valence-corrected chi connectivity index (χ2v) is 6.08. The summed E-state index contributed by atoms with van der Waals surface area (Å²) in [6.45, 7) is 0.849. The van der Waals surface area contributed by atoms with E-state index in [0.717, 1.165) is 12.8 Å². The molecule has 1 saturated heterocycles. The van der Waals surface area contributed by atoms with Gasteiger partial charge in [0.2, 0.25) is 0 Å². The van der Waals surface area contributed by atoms with Crippen LogP contribution in [0.5, 0.6) is 0 Å². The zero-order valence-electron chi connectivity index (χ0n) is 10.2. The van der Waals surface area contributed by atoms with E-state index in [1.165, 1.54) is 6.26 Å². The van der Waals surface area contributed by atoms with Crippen molar-refractivity contribution in [3.63, 3.8) is 0 Å². The molecule has 1 aliphatic heterocycles. The SMILES string of the molecule is O=C(O)[C@H]1CN(C(=O)c2coc(Br)c2)C[C@@H]1C1CC1. The van der Waals surface area contributed by atoms with Gasteiger partial charge < -0.3 is 14.4 Å². The van der Waals surface area contributed by atoms with Crippen molar-refractivity contribution in [3.8, 4) is 0 Å². The molecule has 5 nitrogen and oxygen atoms in total. The number of carbonyl (C=O) groups is 2. The van der Waals surface area contributed by atoms with Crippen molar-refractivity contribution in [3.05, 3.63) is 22.6 Å². The monoisotopic (exact) mass is 327 g/mol. The average Bonchev–Trinajstić information content (AvgIpc) is 2.96. The fourth-order valence-corrected chi connectivity index (χ4v) is 3.20. The first-order valence-electron chi connectivity index (χ1n) is 6.32. The molecule has 0 spiro atoms. The van der Waals surface area contributed by atoms with E-state index < -0.39 is 11.9 Å². The van der Waals surface area contributed by atoms with Gasteiger partial charge in [0.05, 0.1) is 11.5 Å². The molecule has 19 heavy (non-hydrogen) atoms. The molecule has 1 N–H and O–H groups in total. The fraction of sp³-hybridized carbons (Fsp3) is 0.538. The van der Waals surface area contributed by atoms with Crippen LogP contribution in [0.4, 0.5) is 0 Å². The van der Waals surface area contributed by atoms with Gasteiger partial charge in [0.15, 0.2) is 4.67 Å². The Morgan fingerprint density at radius 2 is 2.11 bits per heavy atom. The van der Waals surface area contributed by atoms with Gasteiger partial charge in [-0.3, -0.25) is 9.59 Å². The minimum Gasteiger partial charge on any atom is -0.481 e. The summed E-state index contributed by atoms with van der Waals surface area (Å²) < 4.78 is 5.56. The molecule has 0 bridgehead atoms. The molecular weight excluding hydrogens is 314 g/mol. The number of rotatable bonds is 3. The van der Waals surface area contributed by atoms with E-state index in [2.05, 4.69) is 15.9 Å². The fourth-order valence-electron chi connectivity index (χ4n) is 2.86. The minimum absolute atomic E-state index is 0.108. The molecule has 1 amide bonds. The molecule has 2 aliphatic rings. The third kappa shape index (κ3) is 2.41. The normalized spacial score (nSPS) is 26.7. The number of halogens is 1. The average molecular weight is 328 g/mol. The summed E-state index contributed by atoms with van der Waals surface area (Å²) in [7, 11) is 0. The Kier molecular flexibility index (Phi) is 3.12. The molecule has 1 aromatic rings. The third-order valence-corrected chi connectivity index (χ3v) is 4.43. The Hall–Kier alpha value is -1.30. The summed E-state index contributed by atoms with van der Waals surface area (Å²) in [5.41, 5.74) is 0.465. The standard InChI is InChI=1S/C13H14BrNO4/c14-11-3-8(6-19-11)12(16)15-4-9(7-1-2-7)10(5-15)13(17)18/h3,6-7,9-10H,1-2,4-5H2,(H,17,18)/t9-,10+/m1/s1. The Morgan fingerprint density at radius 1 is 1.37 bits per heavy atom. The van der Waals surface area contributed by atoms with Gasteiger partial charge in [0.1, 0.15) is 6.26 Å². The maximum atomic E-state index is 12.3. The number of hydrogen-bond donors (Lipinski definition) is 1. The number of furan rings is 1. The van der Waals surface area contributed by atoms with E-state index in [1.54, 1.807) is 11.0 Å². The molecule has 2 fully saturated rings.